The summed E-state index contributed by atoms with van der Waals surface area (Å²) in [5, 5.41) is 1.09. The second kappa shape index (κ2) is 5.65. The van der Waals surface area contributed by atoms with Gasteiger partial charge in [0.15, 0.2) is 6.79 Å². The van der Waals surface area contributed by atoms with E-state index in [0.29, 0.717) is 11.3 Å². The van der Waals surface area contributed by atoms with Crippen molar-refractivity contribution >= 4 is 22.9 Å². The van der Waals surface area contributed by atoms with E-state index >= 15 is 0 Å². The number of hydrogen-bond donors (Lipinski definition) is 0. The fourth-order valence-corrected chi connectivity index (χ4v) is 2.44. The fourth-order valence-electron chi connectivity index (χ4n) is 1.44. The molecule has 0 aliphatic carbocycles. The molecule has 0 aliphatic rings. The average Bonchev–Trinajstić information content (AvgIpc) is 2.74. The van der Waals surface area contributed by atoms with Crippen molar-refractivity contribution in [2.24, 2.45) is 0 Å². The van der Waals surface area contributed by atoms with Crippen LogP contribution in [0.2, 0.25) is 5.02 Å². The molecule has 0 N–H and O–H groups in total. The second-order valence-electron chi connectivity index (χ2n) is 3.56. The van der Waals surface area contributed by atoms with Gasteiger partial charge in [0.2, 0.25) is 0 Å². The highest BCUT2D eigenvalue weighted by Gasteiger charge is 2.13. The molecule has 1 aromatic carbocycles. The number of rotatable bonds is 4. The van der Waals surface area contributed by atoms with Crippen molar-refractivity contribution in [1.29, 1.82) is 0 Å². The molecule has 0 saturated heterocycles. The van der Waals surface area contributed by atoms with Crippen LogP contribution < -0.4 is 4.74 Å². The summed E-state index contributed by atoms with van der Waals surface area (Å²) < 4.78 is 23.9. The number of methoxy groups -OCH3 is 1. The van der Waals surface area contributed by atoms with Crippen molar-refractivity contribution < 1.29 is 13.9 Å². The lowest BCUT2D eigenvalue weighted by Gasteiger charge is -2.09. The molecule has 0 fully saturated rings. The van der Waals surface area contributed by atoms with E-state index in [1.807, 2.05) is 6.92 Å². The van der Waals surface area contributed by atoms with Crippen molar-refractivity contribution in [3.05, 3.63) is 34.2 Å². The van der Waals surface area contributed by atoms with Crippen molar-refractivity contribution in [2.45, 2.75) is 6.92 Å². The zero-order valence-electron chi connectivity index (χ0n) is 9.87. The van der Waals surface area contributed by atoms with Gasteiger partial charge >= 0.3 is 0 Å². The molecule has 6 heteroatoms. The number of nitrogens with zero attached hydrogens (tertiary/aromatic N) is 1. The van der Waals surface area contributed by atoms with Crippen molar-refractivity contribution in [2.75, 3.05) is 13.9 Å². The number of thiazole rings is 1. The first-order chi connectivity index (χ1) is 8.61. The molecular formula is C12H11ClFNO2S. The van der Waals surface area contributed by atoms with E-state index in [1.165, 1.54) is 24.5 Å². The molecule has 0 aliphatic heterocycles. The van der Waals surface area contributed by atoms with Crippen LogP contribution in [0.3, 0.4) is 0 Å². The first kappa shape index (κ1) is 13.3. The largest absolute Gasteiger partial charge is 0.466 e. The number of halogens is 2. The summed E-state index contributed by atoms with van der Waals surface area (Å²) in [7, 11) is 1.50. The predicted octanol–water partition coefficient (Wildman–Crippen LogP) is 3.89. The van der Waals surface area contributed by atoms with Crippen LogP contribution in [0.5, 0.6) is 5.75 Å². The summed E-state index contributed by atoms with van der Waals surface area (Å²) in [5.41, 5.74) is 0.427. The minimum absolute atomic E-state index is 0.0620. The molecule has 96 valence electrons. The van der Waals surface area contributed by atoms with Gasteiger partial charge in [-0.25, -0.2) is 9.37 Å². The Bertz CT molecular complexity index is 559. The van der Waals surface area contributed by atoms with Gasteiger partial charge in [-0.1, -0.05) is 11.6 Å². The van der Waals surface area contributed by atoms with Gasteiger partial charge < -0.3 is 9.47 Å². The Balaban J connectivity index is 2.41. The predicted molar refractivity (Wildman–Crippen MR) is 69.8 cm³/mol. The number of hydrogen-bond acceptors (Lipinski definition) is 4. The zero-order chi connectivity index (χ0) is 13.1. The minimum atomic E-state index is -0.395. The summed E-state index contributed by atoms with van der Waals surface area (Å²) in [6.45, 7) is 1.93. The zero-order valence-corrected chi connectivity index (χ0v) is 11.4. The molecule has 1 aromatic heterocycles. The monoisotopic (exact) mass is 287 g/mol. The van der Waals surface area contributed by atoms with Gasteiger partial charge in [0, 0.05) is 18.9 Å². The topological polar surface area (TPSA) is 31.4 Å². The summed E-state index contributed by atoms with van der Waals surface area (Å²) in [4.78, 5) is 4.84. The van der Waals surface area contributed by atoms with Crippen LogP contribution in [0, 0.1) is 12.7 Å². The fraction of sp³-hybridized carbons (Fsp3) is 0.250. The molecule has 0 bridgehead atoms. The van der Waals surface area contributed by atoms with E-state index in [0.717, 1.165) is 9.88 Å². The third-order valence-electron chi connectivity index (χ3n) is 2.24. The normalized spacial score (nSPS) is 10.7. The van der Waals surface area contributed by atoms with Gasteiger partial charge in [-0.2, -0.15) is 0 Å². The van der Waals surface area contributed by atoms with Crippen LogP contribution in [0.1, 0.15) is 5.01 Å². The molecule has 0 amide bonds. The Hall–Kier alpha value is -1.17. The Morgan fingerprint density at radius 1 is 1.44 bits per heavy atom. The first-order valence-electron chi connectivity index (χ1n) is 5.15. The molecule has 2 rings (SSSR count). The maximum absolute atomic E-state index is 13.9. The van der Waals surface area contributed by atoms with Gasteiger partial charge in [0.25, 0.3) is 0 Å². The van der Waals surface area contributed by atoms with E-state index in [9.17, 15) is 4.39 Å². The Morgan fingerprint density at radius 2 is 2.22 bits per heavy atom. The molecule has 18 heavy (non-hydrogen) atoms. The van der Waals surface area contributed by atoms with Crippen molar-refractivity contribution in [1.82, 2.24) is 4.98 Å². The molecular weight excluding hydrogens is 277 g/mol. The number of aromatic nitrogens is 1. The lowest BCUT2D eigenvalue weighted by Crippen LogP contribution is -2.00. The highest BCUT2D eigenvalue weighted by Crippen LogP contribution is 2.35. The van der Waals surface area contributed by atoms with E-state index < -0.39 is 5.82 Å². The number of aryl methyl sites for hydroxylation is 1. The SMILES string of the molecule is COCOc1cc(-c2cnc(C)s2)c(F)cc1Cl. The maximum atomic E-state index is 13.9. The number of ether oxygens (including phenoxy) is 2. The summed E-state index contributed by atoms with van der Waals surface area (Å²) >= 11 is 7.31. The Morgan fingerprint density at radius 3 is 2.83 bits per heavy atom. The van der Waals surface area contributed by atoms with E-state index in [4.69, 9.17) is 21.1 Å². The second-order valence-corrected chi connectivity index (χ2v) is 5.20. The van der Waals surface area contributed by atoms with Crippen LogP contribution in [0.25, 0.3) is 10.4 Å². The average molecular weight is 288 g/mol. The Kier molecular flexibility index (Phi) is 4.16. The summed E-state index contributed by atoms with van der Waals surface area (Å²) in [6.07, 6.45) is 1.63. The van der Waals surface area contributed by atoms with Crippen LogP contribution in [0.15, 0.2) is 18.3 Å². The van der Waals surface area contributed by atoms with Gasteiger partial charge in [0.1, 0.15) is 11.6 Å². The molecule has 2 aromatic rings. The van der Waals surface area contributed by atoms with E-state index in [-0.39, 0.29) is 11.8 Å². The molecule has 0 saturated carbocycles. The lowest BCUT2D eigenvalue weighted by atomic mass is 10.2. The standard InChI is InChI=1S/C12H11ClFNO2S/c1-7-15-5-12(18-7)8-3-11(17-6-16-2)9(13)4-10(8)14/h3-5H,6H2,1-2H3. The molecule has 1 heterocycles. The van der Waals surface area contributed by atoms with Crippen molar-refractivity contribution in [3.63, 3.8) is 0 Å². The van der Waals surface area contributed by atoms with Crippen LogP contribution in [-0.4, -0.2) is 18.9 Å². The lowest BCUT2D eigenvalue weighted by molar-refractivity contribution is 0.0512. The van der Waals surface area contributed by atoms with Crippen molar-refractivity contribution in [3.8, 4) is 16.2 Å². The maximum Gasteiger partial charge on any atom is 0.188 e. The molecule has 0 unspecified atom stereocenters. The third-order valence-corrected chi connectivity index (χ3v) is 3.48. The van der Waals surface area contributed by atoms with E-state index in [1.54, 1.807) is 12.3 Å². The smallest absolute Gasteiger partial charge is 0.188 e. The molecule has 0 atom stereocenters. The third kappa shape index (κ3) is 2.80. The first-order valence-corrected chi connectivity index (χ1v) is 6.35. The number of benzene rings is 1. The highest BCUT2D eigenvalue weighted by atomic mass is 35.5. The Labute approximate surface area is 113 Å². The van der Waals surface area contributed by atoms with Gasteiger partial charge in [0.05, 0.1) is 14.9 Å². The van der Waals surface area contributed by atoms with Crippen LogP contribution in [-0.2, 0) is 4.74 Å². The van der Waals surface area contributed by atoms with Crippen LogP contribution in [0.4, 0.5) is 4.39 Å². The van der Waals surface area contributed by atoms with Gasteiger partial charge in [-0.3, -0.25) is 0 Å². The highest BCUT2D eigenvalue weighted by molar-refractivity contribution is 7.15. The quantitative estimate of drug-likeness (QED) is 0.799. The van der Waals surface area contributed by atoms with E-state index in [2.05, 4.69) is 4.98 Å². The summed E-state index contributed by atoms with van der Waals surface area (Å²) in [5.74, 6) is -0.00520. The molecule has 3 nitrogen and oxygen atoms in total. The molecule has 0 radical (unpaired) electrons. The van der Waals surface area contributed by atoms with Gasteiger partial charge in [-0.15, -0.1) is 11.3 Å². The van der Waals surface area contributed by atoms with Gasteiger partial charge in [-0.05, 0) is 19.1 Å². The minimum Gasteiger partial charge on any atom is -0.466 e. The summed E-state index contributed by atoms with van der Waals surface area (Å²) in [6, 6.07) is 2.79. The molecule has 0 spiro atoms. The van der Waals surface area contributed by atoms with Crippen LogP contribution >= 0.6 is 22.9 Å².